The van der Waals surface area contributed by atoms with E-state index in [-0.39, 0.29) is 29.4 Å². The van der Waals surface area contributed by atoms with Gasteiger partial charge >= 0.3 is 11.7 Å². The molecule has 4 N–H and O–H groups in total. The molecule has 0 bridgehead atoms. The summed E-state index contributed by atoms with van der Waals surface area (Å²) in [7, 11) is -3.07. The van der Waals surface area contributed by atoms with Crippen LogP contribution in [0.25, 0.3) is 5.82 Å². The number of carbonyl (C=O) groups excluding carboxylic acids is 2. The molecule has 2 amide bonds. The quantitative estimate of drug-likeness (QED) is 0.189. The molecule has 0 unspecified atom stereocenters. The monoisotopic (exact) mass is 713 g/mol. The summed E-state index contributed by atoms with van der Waals surface area (Å²) in [6.45, 7) is 8.20. The highest BCUT2D eigenvalue weighted by atomic mass is 32.2. The zero-order valence-corrected chi connectivity index (χ0v) is 28.5. The number of benzene rings is 1. The average molecular weight is 714 g/mol. The Bertz CT molecular complexity index is 2190. The highest BCUT2D eigenvalue weighted by Crippen LogP contribution is 2.24. The van der Waals surface area contributed by atoms with Gasteiger partial charge in [0.2, 0.25) is 5.91 Å². The average Bonchev–Trinajstić information content (AvgIpc) is 3.04. The lowest BCUT2D eigenvalue weighted by Crippen LogP contribution is -2.42. The van der Waals surface area contributed by atoms with E-state index in [1.807, 2.05) is 4.72 Å². The number of pyridine rings is 2. The number of hydrogen-bond donors (Lipinski definition) is 4. The van der Waals surface area contributed by atoms with Crippen LogP contribution in [-0.4, -0.2) is 56.5 Å². The van der Waals surface area contributed by atoms with Crippen LogP contribution in [0.4, 0.5) is 20.2 Å². The van der Waals surface area contributed by atoms with Gasteiger partial charge in [0.15, 0.2) is 5.03 Å². The van der Waals surface area contributed by atoms with Crippen LogP contribution >= 0.6 is 0 Å². The maximum absolute atomic E-state index is 15.0. The molecule has 0 aliphatic heterocycles. The number of carboxylic acid groups (broad SMARTS) is 1. The second-order valence-corrected chi connectivity index (χ2v) is 13.9. The molecule has 1 aromatic carbocycles. The molecule has 1 atom stereocenters. The number of halogens is 2. The summed E-state index contributed by atoms with van der Waals surface area (Å²) >= 11 is 0. The molecule has 3 heterocycles. The zero-order valence-electron chi connectivity index (χ0n) is 27.7. The number of rotatable bonds is 10. The van der Waals surface area contributed by atoms with Crippen LogP contribution in [0.5, 0.6) is 0 Å². The Balaban J connectivity index is 1.48. The molecule has 18 heteroatoms. The summed E-state index contributed by atoms with van der Waals surface area (Å²) in [5.74, 6) is -5.93. The standard InChI is InChI=1S/C32H33F2N7O8S/c1-16-17(2)40(6)31(47)41(28(16)43)25-9-7-18(14-35-25)11-24(29(44)45)38-27(42)20-12-22(34)23(13-21(20)33)39-50(48,49)26-10-8-19(15-36-26)37-30(46)32(3,4)5/h7-10,12-15,24,39H,11H2,1-6H3,(H,37,46)(H,38,42)(H,44,45)/t24-/m0/s1. The molecule has 0 aliphatic rings. The first-order chi connectivity index (χ1) is 23.2. The molecule has 0 spiro atoms. The molecule has 50 heavy (non-hydrogen) atoms. The minimum Gasteiger partial charge on any atom is -0.480 e. The minimum atomic E-state index is -4.56. The predicted octanol–water partition coefficient (Wildman–Crippen LogP) is 2.43. The zero-order chi connectivity index (χ0) is 37.3. The highest BCUT2D eigenvalue weighted by molar-refractivity contribution is 7.92. The number of aliphatic carboxylic acids is 1. The van der Waals surface area contributed by atoms with Crippen LogP contribution in [0.15, 0.2) is 63.4 Å². The largest absolute Gasteiger partial charge is 0.480 e. The van der Waals surface area contributed by atoms with Crippen LogP contribution in [0.3, 0.4) is 0 Å². The summed E-state index contributed by atoms with van der Waals surface area (Å²) in [6, 6.07) is 4.16. The second kappa shape index (κ2) is 14.0. The Labute approximate surface area is 284 Å². The van der Waals surface area contributed by atoms with Crippen LogP contribution in [0.1, 0.15) is 48.0 Å². The molecular formula is C32H33F2N7O8S. The van der Waals surface area contributed by atoms with Gasteiger partial charge in [0, 0.05) is 42.4 Å². The highest BCUT2D eigenvalue weighted by Gasteiger charge is 2.26. The number of hydrogen-bond acceptors (Lipinski definition) is 9. The van der Waals surface area contributed by atoms with E-state index in [0.717, 1.165) is 16.8 Å². The smallest absolute Gasteiger partial charge is 0.336 e. The lowest BCUT2D eigenvalue weighted by Gasteiger charge is -2.17. The van der Waals surface area contributed by atoms with Crippen molar-refractivity contribution in [2.45, 2.75) is 52.1 Å². The van der Waals surface area contributed by atoms with Gasteiger partial charge in [-0.1, -0.05) is 26.8 Å². The molecule has 15 nitrogen and oxygen atoms in total. The fourth-order valence-corrected chi connectivity index (χ4v) is 5.41. The summed E-state index contributed by atoms with van der Waals surface area (Å²) in [4.78, 5) is 70.3. The molecule has 0 aliphatic carbocycles. The maximum atomic E-state index is 15.0. The molecule has 4 aromatic rings. The Morgan fingerprint density at radius 3 is 2.22 bits per heavy atom. The van der Waals surface area contributed by atoms with E-state index in [9.17, 15) is 41.9 Å². The third-order valence-electron chi connectivity index (χ3n) is 7.63. The first kappa shape index (κ1) is 37.0. The number of sulfonamides is 1. The van der Waals surface area contributed by atoms with Gasteiger partial charge in [-0.3, -0.25) is 19.1 Å². The Morgan fingerprint density at radius 2 is 1.66 bits per heavy atom. The number of nitrogens with one attached hydrogen (secondary N) is 3. The van der Waals surface area contributed by atoms with Crippen LogP contribution in [-0.2, 0) is 33.1 Å². The van der Waals surface area contributed by atoms with Crippen molar-refractivity contribution in [3.05, 3.63) is 104 Å². The number of carbonyl (C=O) groups is 3. The molecular weight excluding hydrogens is 680 g/mol. The van der Waals surface area contributed by atoms with Crippen molar-refractivity contribution in [3.8, 4) is 5.82 Å². The molecule has 0 saturated carbocycles. The molecule has 0 fully saturated rings. The van der Waals surface area contributed by atoms with Crippen molar-refractivity contribution in [2.24, 2.45) is 12.5 Å². The summed E-state index contributed by atoms with van der Waals surface area (Å²) < 4.78 is 59.6. The molecule has 0 saturated heterocycles. The van der Waals surface area contributed by atoms with Gasteiger partial charge in [0.05, 0.1) is 23.1 Å². The van der Waals surface area contributed by atoms with Gasteiger partial charge in [-0.2, -0.15) is 8.42 Å². The van der Waals surface area contributed by atoms with E-state index in [1.54, 1.807) is 34.6 Å². The Kier molecular flexibility index (Phi) is 10.4. The van der Waals surface area contributed by atoms with Crippen molar-refractivity contribution in [1.29, 1.82) is 0 Å². The van der Waals surface area contributed by atoms with Crippen molar-refractivity contribution < 1.29 is 36.7 Å². The normalized spacial score (nSPS) is 12.2. The van der Waals surface area contributed by atoms with Crippen molar-refractivity contribution >= 4 is 39.2 Å². The van der Waals surface area contributed by atoms with Gasteiger partial charge in [-0.25, -0.2) is 32.9 Å². The van der Waals surface area contributed by atoms with Gasteiger partial charge < -0.3 is 20.3 Å². The first-order valence-corrected chi connectivity index (χ1v) is 16.3. The summed E-state index contributed by atoms with van der Waals surface area (Å²) in [5, 5.41) is 13.8. The van der Waals surface area contributed by atoms with Crippen LogP contribution in [0.2, 0.25) is 0 Å². The van der Waals surface area contributed by atoms with Gasteiger partial charge in [0.1, 0.15) is 23.5 Å². The van der Waals surface area contributed by atoms with Crippen molar-refractivity contribution in [2.75, 3.05) is 10.0 Å². The SMILES string of the molecule is Cc1c(C)n(C)c(=O)n(-c2ccc(C[C@H](NC(=O)c3cc(F)c(NS(=O)(=O)c4ccc(NC(=O)C(C)(C)C)cn4)cc3F)C(=O)O)cn2)c1=O. The number of anilines is 2. The molecule has 264 valence electrons. The maximum Gasteiger partial charge on any atom is 0.336 e. The van der Waals surface area contributed by atoms with E-state index in [2.05, 4.69) is 20.6 Å². The van der Waals surface area contributed by atoms with Crippen molar-refractivity contribution in [3.63, 3.8) is 0 Å². The predicted molar refractivity (Wildman–Crippen MR) is 177 cm³/mol. The molecule has 3 aromatic heterocycles. The van der Waals surface area contributed by atoms with Gasteiger partial charge in [0.25, 0.3) is 21.5 Å². The van der Waals surface area contributed by atoms with Crippen LogP contribution in [0, 0.1) is 30.9 Å². The Morgan fingerprint density at radius 1 is 0.980 bits per heavy atom. The second-order valence-electron chi connectivity index (χ2n) is 12.3. The van der Waals surface area contributed by atoms with E-state index in [0.29, 0.717) is 23.4 Å². The van der Waals surface area contributed by atoms with E-state index in [4.69, 9.17) is 0 Å². The fraction of sp³-hybridized carbons (Fsp3) is 0.281. The van der Waals surface area contributed by atoms with Crippen molar-refractivity contribution in [1.82, 2.24) is 24.4 Å². The van der Waals surface area contributed by atoms with E-state index >= 15 is 4.39 Å². The third kappa shape index (κ3) is 7.91. The number of carboxylic acids is 1. The van der Waals surface area contributed by atoms with Gasteiger partial charge in [-0.05, 0) is 43.7 Å². The van der Waals surface area contributed by atoms with Gasteiger partial charge in [-0.15, -0.1) is 0 Å². The number of aromatic nitrogens is 4. The molecule has 0 radical (unpaired) electrons. The topological polar surface area (TPSA) is 211 Å². The minimum absolute atomic E-state index is 0.0241. The van der Waals surface area contributed by atoms with E-state index < -0.39 is 72.5 Å². The number of nitrogens with zero attached hydrogens (tertiary/aromatic N) is 4. The lowest BCUT2D eigenvalue weighted by molar-refractivity contribution is -0.139. The van der Waals surface area contributed by atoms with E-state index in [1.165, 1.54) is 36.0 Å². The lowest BCUT2D eigenvalue weighted by atomic mass is 9.96. The fourth-order valence-electron chi connectivity index (χ4n) is 4.43. The first-order valence-electron chi connectivity index (χ1n) is 14.8. The summed E-state index contributed by atoms with van der Waals surface area (Å²) in [5.41, 5.74) is -2.47. The van der Waals surface area contributed by atoms with Crippen LogP contribution < -0.4 is 26.6 Å². The Hall–Kier alpha value is -5.78. The third-order valence-corrected chi connectivity index (χ3v) is 8.91. The number of amides is 2. The molecule has 4 rings (SSSR count). The summed E-state index contributed by atoms with van der Waals surface area (Å²) in [6.07, 6.45) is 1.90.